The summed E-state index contributed by atoms with van der Waals surface area (Å²) in [5.41, 5.74) is 3.66. The Labute approximate surface area is 137 Å². The Kier molecular flexibility index (Phi) is 6.18. The first-order valence-corrected chi connectivity index (χ1v) is 7.78. The summed E-state index contributed by atoms with van der Waals surface area (Å²) in [5, 5.41) is 2.92. The Morgan fingerprint density at radius 1 is 1.00 bits per heavy atom. The van der Waals surface area contributed by atoms with Crippen LogP contribution in [0.25, 0.3) is 0 Å². The van der Waals surface area contributed by atoms with Crippen molar-refractivity contribution in [1.82, 2.24) is 0 Å². The Hall–Kier alpha value is -2.33. The number of nitrogens with one attached hydrogen (secondary N) is 1. The number of rotatable bonds is 7. The molecule has 0 radical (unpaired) electrons. The van der Waals surface area contributed by atoms with Gasteiger partial charge in [-0.3, -0.25) is 4.79 Å². The average Bonchev–Trinajstić information content (AvgIpc) is 2.51. The summed E-state index contributed by atoms with van der Waals surface area (Å²) in [6.45, 7) is 7.71. The Morgan fingerprint density at radius 3 is 2.26 bits per heavy atom. The summed E-state index contributed by atoms with van der Waals surface area (Å²) in [7, 11) is 0. The molecule has 0 unspecified atom stereocenters. The first-order chi connectivity index (χ1) is 11.1. The van der Waals surface area contributed by atoms with Gasteiger partial charge in [-0.15, -0.1) is 0 Å². The van der Waals surface area contributed by atoms with Gasteiger partial charge < -0.3 is 14.8 Å². The zero-order valence-corrected chi connectivity index (χ0v) is 13.9. The first-order valence-electron chi connectivity index (χ1n) is 7.78. The smallest absolute Gasteiger partial charge is 0.255 e. The van der Waals surface area contributed by atoms with E-state index < -0.39 is 0 Å². The van der Waals surface area contributed by atoms with Crippen molar-refractivity contribution in [3.8, 4) is 5.75 Å². The van der Waals surface area contributed by atoms with Crippen molar-refractivity contribution in [3.05, 3.63) is 59.2 Å². The first kappa shape index (κ1) is 17.0. The highest BCUT2D eigenvalue weighted by Crippen LogP contribution is 2.17. The lowest BCUT2D eigenvalue weighted by molar-refractivity contribution is 0.102. The largest absolute Gasteiger partial charge is 0.491 e. The summed E-state index contributed by atoms with van der Waals surface area (Å²) in [5.74, 6) is 0.600. The molecule has 1 amide bonds. The van der Waals surface area contributed by atoms with Crippen LogP contribution < -0.4 is 10.1 Å². The average molecular weight is 313 g/mol. The lowest BCUT2D eigenvalue weighted by atomic mass is 10.1. The number of carbonyl (C=O) groups is 1. The summed E-state index contributed by atoms with van der Waals surface area (Å²) in [4.78, 5) is 12.3. The predicted molar refractivity (Wildman–Crippen MR) is 92.3 cm³/mol. The van der Waals surface area contributed by atoms with E-state index in [1.165, 1.54) is 0 Å². The van der Waals surface area contributed by atoms with Crippen molar-refractivity contribution in [2.24, 2.45) is 0 Å². The quantitative estimate of drug-likeness (QED) is 0.787. The van der Waals surface area contributed by atoms with Crippen LogP contribution in [0, 0.1) is 13.8 Å². The van der Waals surface area contributed by atoms with Crippen molar-refractivity contribution in [3.63, 3.8) is 0 Å². The zero-order valence-electron chi connectivity index (χ0n) is 13.9. The van der Waals surface area contributed by atoms with E-state index in [1.54, 1.807) is 24.3 Å². The van der Waals surface area contributed by atoms with E-state index in [0.717, 1.165) is 22.6 Å². The highest BCUT2D eigenvalue weighted by Gasteiger charge is 2.07. The second-order valence-electron chi connectivity index (χ2n) is 5.40. The molecule has 0 saturated heterocycles. The number of hydrogen-bond acceptors (Lipinski definition) is 3. The van der Waals surface area contributed by atoms with Crippen LogP contribution in [-0.2, 0) is 4.74 Å². The number of aryl methyl sites for hydroxylation is 2. The summed E-state index contributed by atoms with van der Waals surface area (Å²) in [6, 6.07) is 13.1. The van der Waals surface area contributed by atoms with Gasteiger partial charge >= 0.3 is 0 Å². The maximum atomic E-state index is 12.3. The molecule has 23 heavy (non-hydrogen) atoms. The van der Waals surface area contributed by atoms with Crippen LogP contribution in [0.2, 0.25) is 0 Å². The minimum atomic E-state index is -0.129. The van der Waals surface area contributed by atoms with E-state index in [2.05, 4.69) is 11.4 Å². The number of hydrogen-bond donors (Lipinski definition) is 1. The normalized spacial score (nSPS) is 10.4. The molecule has 4 nitrogen and oxygen atoms in total. The van der Waals surface area contributed by atoms with Gasteiger partial charge in [-0.2, -0.15) is 0 Å². The van der Waals surface area contributed by atoms with Crippen molar-refractivity contribution in [1.29, 1.82) is 0 Å². The minimum absolute atomic E-state index is 0.129. The molecule has 0 spiro atoms. The van der Waals surface area contributed by atoms with Crippen LogP contribution in [0.15, 0.2) is 42.5 Å². The standard InChI is InChI=1S/C19H23NO3/c1-4-22-9-10-23-18-7-5-16(6-8-18)19(21)20-17-12-14(2)11-15(3)13-17/h5-8,11-13H,4,9-10H2,1-3H3,(H,20,21). The van der Waals surface area contributed by atoms with E-state index in [1.807, 2.05) is 32.9 Å². The molecule has 1 N–H and O–H groups in total. The Balaban J connectivity index is 1.94. The molecule has 0 saturated carbocycles. The fourth-order valence-corrected chi connectivity index (χ4v) is 2.32. The van der Waals surface area contributed by atoms with Gasteiger partial charge in [0.1, 0.15) is 12.4 Å². The molecule has 0 bridgehead atoms. The third-order valence-corrected chi connectivity index (χ3v) is 3.30. The lowest BCUT2D eigenvalue weighted by Crippen LogP contribution is -2.12. The number of amides is 1. The van der Waals surface area contributed by atoms with Gasteiger partial charge in [0.2, 0.25) is 0 Å². The van der Waals surface area contributed by atoms with Crippen LogP contribution in [0.5, 0.6) is 5.75 Å². The number of carbonyl (C=O) groups excluding carboxylic acids is 1. The van der Waals surface area contributed by atoms with E-state index >= 15 is 0 Å². The highest BCUT2D eigenvalue weighted by atomic mass is 16.5. The zero-order chi connectivity index (χ0) is 16.7. The highest BCUT2D eigenvalue weighted by molar-refractivity contribution is 6.04. The molecular formula is C19H23NO3. The molecule has 2 rings (SSSR count). The van der Waals surface area contributed by atoms with Crippen molar-refractivity contribution in [2.45, 2.75) is 20.8 Å². The summed E-state index contributed by atoms with van der Waals surface area (Å²) >= 11 is 0. The van der Waals surface area contributed by atoms with Gasteiger partial charge in [-0.25, -0.2) is 0 Å². The summed E-state index contributed by atoms with van der Waals surface area (Å²) in [6.07, 6.45) is 0. The fraction of sp³-hybridized carbons (Fsp3) is 0.316. The molecule has 2 aromatic carbocycles. The third kappa shape index (κ3) is 5.42. The van der Waals surface area contributed by atoms with Gasteiger partial charge in [0, 0.05) is 17.9 Å². The molecule has 2 aromatic rings. The monoisotopic (exact) mass is 313 g/mol. The lowest BCUT2D eigenvalue weighted by Gasteiger charge is -2.09. The van der Waals surface area contributed by atoms with E-state index in [0.29, 0.717) is 25.4 Å². The molecule has 0 fully saturated rings. The van der Waals surface area contributed by atoms with Crippen molar-refractivity contribution in [2.75, 3.05) is 25.1 Å². The molecule has 0 atom stereocenters. The third-order valence-electron chi connectivity index (χ3n) is 3.30. The van der Waals surface area contributed by atoms with Gasteiger partial charge in [0.05, 0.1) is 6.61 Å². The Bertz CT molecular complexity index is 630. The molecule has 0 aliphatic carbocycles. The molecule has 4 heteroatoms. The maximum absolute atomic E-state index is 12.3. The second kappa shape index (κ2) is 8.34. The van der Waals surface area contributed by atoms with E-state index in [4.69, 9.17) is 9.47 Å². The van der Waals surface area contributed by atoms with E-state index in [-0.39, 0.29) is 5.91 Å². The van der Waals surface area contributed by atoms with Gasteiger partial charge in [-0.1, -0.05) is 6.07 Å². The Morgan fingerprint density at radius 2 is 1.65 bits per heavy atom. The minimum Gasteiger partial charge on any atom is -0.491 e. The van der Waals surface area contributed by atoms with Gasteiger partial charge in [0.15, 0.2) is 0 Å². The van der Waals surface area contributed by atoms with E-state index in [9.17, 15) is 4.79 Å². The summed E-state index contributed by atoms with van der Waals surface area (Å²) < 4.78 is 10.7. The number of benzene rings is 2. The van der Waals surface area contributed by atoms with Crippen LogP contribution in [0.3, 0.4) is 0 Å². The SMILES string of the molecule is CCOCCOc1ccc(C(=O)Nc2cc(C)cc(C)c2)cc1. The molecular weight excluding hydrogens is 290 g/mol. The topological polar surface area (TPSA) is 47.6 Å². The molecule has 0 aliphatic heterocycles. The van der Waals surface area contributed by atoms with Gasteiger partial charge in [-0.05, 0) is 68.3 Å². The van der Waals surface area contributed by atoms with Crippen LogP contribution >= 0.6 is 0 Å². The molecule has 0 heterocycles. The van der Waals surface area contributed by atoms with Gasteiger partial charge in [0.25, 0.3) is 5.91 Å². The van der Waals surface area contributed by atoms with Crippen LogP contribution in [0.1, 0.15) is 28.4 Å². The fourth-order valence-electron chi connectivity index (χ4n) is 2.32. The molecule has 0 aromatic heterocycles. The van der Waals surface area contributed by atoms with Crippen molar-refractivity contribution >= 4 is 11.6 Å². The number of ether oxygens (including phenoxy) is 2. The predicted octanol–water partition coefficient (Wildman–Crippen LogP) is 3.97. The van der Waals surface area contributed by atoms with Crippen LogP contribution in [-0.4, -0.2) is 25.7 Å². The molecule has 0 aliphatic rings. The molecule has 122 valence electrons. The van der Waals surface area contributed by atoms with Crippen molar-refractivity contribution < 1.29 is 14.3 Å². The maximum Gasteiger partial charge on any atom is 0.255 e. The van der Waals surface area contributed by atoms with Crippen LogP contribution in [0.4, 0.5) is 5.69 Å². The second-order valence-corrected chi connectivity index (χ2v) is 5.40. The number of anilines is 1.